The second-order valence-electron chi connectivity index (χ2n) is 2.16. The quantitative estimate of drug-likeness (QED) is 0.528. The fraction of sp³-hybridized carbons (Fsp3) is 0.833. The first-order chi connectivity index (χ1) is 4.65. The Kier molecular flexibility index (Phi) is 1.64. The Morgan fingerprint density at radius 1 is 1.67 bits per heavy atom. The largest absolute Gasteiger partial charge is 0.481 e. The van der Waals surface area contributed by atoms with Crippen molar-refractivity contribution in [2.45, 2.75) is 12.8 Å². The zero-order chi connectivity index (χ0) is 7.61. The molecule has 2 N–H and O–H groups in total. The summed E-state index contributed by atoms with van der Waals surface area (Å²) in [5.41, 5.74) is 0. The van der Waals surface area contributed by atoms with Crippen molar-refractivity contribution < 1.29 is 11.3 Å². The van der Waals surface area contributed by atoms with Crippen molar-refractivity contribution in [3.05, 3.63) is 0 Å². The van der Waals surface area contributed by atoms with Crippen molar-refractivity contribution >= 4 is 5.97 Å². The molecule has 0 aromatic heterocycles. The Morgan fingerprint density at radius 2 is 2.22 bits per heavy atom. The minimum absolute atomic E-state index is 0.419. The number of hydrogen-bond acceptors (Lipinski definition) is 2. The van der Waals surface area contributed by atoms with Gasteiger partial charge in [-0.1, -0.05) is 0 Å². The number of piperidine rings is 1. The summed E-state index contributed by atoms with van der Waals surface area (Å²) in [7, 11) is 0. The molecular weight excluding hydrogens is 118 g/mol. The number of carboxylic acid groups (broad SMARTS) is 1. The molecule has 0 unspecified atom stereocenters. The zero-order valence-electron chi connectivity index (χ0n) is 6.18. The van der Waals surface area contributed by atoms with Gasteiger partial charge in [-0.15, -0.1) is 0 Å². The summed E-state index contributed by atoms with van der Waals surface area (Å²) in [6.07, 6.45) is 0.838. The summed E-state index contributed by atoms with van der Waals surface area (Å²) in [5.74, 6) is -2.21. The zero-order valence-corrected chi connectivity index (χ0v) is 5.18. The summed E-state index contributed by atoms with van der Waals surface area (Å²) in [5, 5.41) is 11.6. The third-order valence-electron chi connectivity index (χ3n) is 1.51. The third-order valence-corrected chi connectivity index (χ3v) is 1.51. The highest BCUT2D eigenvalue weighted by Gasteiger charge is 2.18. The van der Waals surface area contributed by atoms with Crippen LogP contribution < -0.4 is 5.32 Å². The molecule has 0 bridgehead atoms. The average Bonchev–Trinajstić information content (AvgIpc) is 1.89. The maximum absolute atomic E-state index is 10.5. The lowest BCUT2D eigenvalue weighted by molar-refractivity contribution is -0.142. The second kappa shape index (κ2) is 2.82. The Bertz CT molecular complexity index is 143. The molecule has 1 saturated heterocycles. The molecule has 0 saturated carbocycles. The Hall–Kier alpha value is -0.570. The number of carboxylic acids is 1. The molecule has 0 amide bonds. The molecule has 0 aliphatic carbocycles. The summed E-state index contributed by atoms with van der Waals surface area (Å²) in [6, 6.07) is 0. The maximum Gasteiger partial charge on any atom is 0.306 e. The molecule has 1 aliphatic rings. The maximum atomic E-state index is 10.5. The Morgan fingerprint density at radius 3 is 2.56 bits per heavy atom. The van der Waals surface area contributed by atoms with Gasteiger partial charge in [0.2, 0.25) is 0 Å². The van der Waals surface area contributed by atoms with Crippen molar-refractivity contribution in [3.63, 3.8) is 0 Å². The van der Waals surface area contributed by atoms with Crippen LogP contribution in [-0.4, -0.2) is 24.2 Å². The van der Waals surface area contributed by atoms with Crippen LogP contribution in [0.5, 0.6) is 0 Å². The number of aliphatic carboxylic acids is 1. The van der Waals surface area contributed by atoms with Crippen LogP contribution in [0.3, 0.4) is 0 Å². The Balaban J connectivity index is 2.56. The van der Waals surface area contributed by atoms with Gasteiger partial charge in [-0.2, -0.15) is 0 Å². The lowest BCUT2D eigenvalue weighted by Crippen LogP contribution is -2.31. The molecule has 3 heteroatoms. The number of rotatable bonds is 1. The Labute approximate surface area is 55.5 Å². The lowest BCUT2D eigenvalue weighted by Gasteiger charge is -2.17. The molecule has 1 aliphatic heterocycles. The van der Waals surface area contributed by atoms with Crippen LogP contribution in [-0.2, 0) is 4.79 Å². The van der Waals surface area contributed by atoms with E-state index >= 15 is 0 Å². The second-order valence-corrected chi connectivity index (χ2v) is 2.16. The van der Waals surface area contributed by atoms with Crippen LogP contribution in [0.25, 0.3) is 0 Å². The summed E-state index contributed by atoms with van der Waals surface area (Å²) >= 11 is 0. The van der Waals surface area contributed by atoms with E-state index < -0.39 is 11.9 Å². The van der Waals surface area contributed by atoms with Gasteiger partial charge in [-0.05, 0) is 25.9 Å². The van der Waals surface area contributed by atoms with E-state index in [1.165, 1.54) is 0 Å². The molecule has 9 heavy (non-hydrogen) atoms. The standard InChI is InChI=1S/C6H11NO2/c8-6(9)5-1-3-7-4-2-5/h5,7H,1-4H2,(H,8,9)/i5D. The molecule has 0 aromatic carbocycles. The molecule has 1 rings (SSSR count). The van der Waals surface area contributed by atoms with Gasteiger partial charge in [0.25, 0.3) is 0 Å². The molecule has 0 radical (unpaired) electrons. The van der Waals surface area contributed by atoms with E-state index in [0.29, 0.717) is 25.9 Å². The van der Waals surface area contributed by atoms with Gasteiger partial charge in [0.15, 0.2) is 0 Å². The third kappa shape index (κ3) is 1.68. The molecule has 0 aromatic rings. The fourth-order valence-corrected chi connectivity index (χ4v) is 0.942. The lowest BCUT2D eigenvalue weighted by atomic mass is 9.99. The predicted octanol–water partition coefficient (Wildman–Crippen LogP) is 0.0706. The van der Waals surface area contributed by atoms with Gasteiger partial charge in [0.1, 0.15) is 0 Å². The first-order valence-corrected chi connectivity index (χ1v) is 3.09. The normalized spacial score (nSPS) is 26.9. The SMILES string of the molecule is [2H]C1(C(=O)O)CCNCC1. The molecule has 1 heterocycles. The highest BCUT2D eigenvalue weighted by atomic mass is 16.4. The van der Waals surface area contributed by atoms with Crippen LogP contribution in [0.15, 0.2) is 0 Å². The first-order valence-electron chi connectivity index (χ1n) is 3.59. The van der Waals surface area contributed by atoms with Crippen molar-refractivity contribution in [3.8, 4) is 0 Å². The van der Waals surface area contributed by atoms with Gasteiger partial charge >= 0.3 is 5.97 Å². The van der Waals surface area contributed by atoms with E-state index in [0.717, 1.165) is 0 Å². The highest BCUT2D eigenvalue weighted by molar-refractivity contribution is 5.70. The van der Waals surface area contributed by atoms with E-state index in [4.69, 9.17) is 6.48 Å². The van der Waals surface area contributed by atoms with Gasteiger partial charge in [0.05, 0.1) is 5.89 Å². The number of nitrogens with one attached hydrogen (secondary N) is 1. The molecule has 0 atom stereocenters. The molecule has 3 nitrogen and oxygen atoms in total. The van der Waals surface area contributed by atoms with E-state index in [1.54, 1.807) is 0 Å². The van der Waals surface area contributed by atoms with Crippen LogP contribution in [0.4, 0.5) is 0 Å². The van der Waals surface area contributed by atoms with Gasteiger partial charge in [-0.3, -0.25) is 4.79 Å². The highest BCUT2D eigenvalue weighted by Crippen LogP contribution is 2.10. The van der Waals surface area contributed by atoms with Gasteiger partial charge in [0, 0.05) is 1.37 Å². The van der Waals surface area contributed by atoms with Crippen LogP contribution in [0.1, 0.15) is 14.2 Å². The predicted molar refractivity (Wildman–Crippen MR) is 33.2 cm³/mol. The van der Waals surface area contributed by atoms with Crippen molar-refractivity contribution in [2.75, 3.05) is 13.1 Å². The fourth-order valence-electron chi connectivity index (χ4n) is 0.942. The molecular formula is C6H11NO2. The molecule has 0 spiro atoms. The van der Waals surface area contributed by atoms with Crippen molar-refractivity contribution in [1.82, 2.24) is 5.32 Å². The topological polar surface area (TPSA) is 49.3 Å². The van der Waals surface area contributed by atoms with E-state index in [2.05, 4.69) is 5.32 Å². The first kappa shape index (κ1) is 5.23. The van der Waals surface area contributed by atoms with E-state index in [-0.39, 0.29) is 0 Å². The van der Waals surface area contributed by atoms with E-state index in [9.17, 15) is 4.79 Å². The average molecular weight is 130 g/mol. The monoisotopic (exact) mass is 130 g/mol. The van der Waals surface area contributed by atoms with Gasteiger partial charge in [-0.25, -0.2) is 0 Å². The molecule has 1 fully saturated rings. The van der Waals surface area contributed by atoms with Gasteiger partial charge < -0.3 is 10.4 Å². The summed E-state index contributed by atoms with van der Waals surface area (Å²) in [4.78, 5) is 10.5. The minimum atomic E-state index is -1.22. The van der Waals surface area contributed by atoms with E-state index in [1.807, 2.05) is 0 Å². The smallest absolute Gasteiger partial charge is 0.306 e. The molecule has 52 valence electrons. The summed E-state index contributed by atoms with van der Waals surface area (Å²) in [6.45, 7) is 1.30. The van der Waals surface area contributed by atoms with Crippen LogP contribution in [0, 0.1) is 5.89 Å². The van der Waals surface area contributed by atoms with Crippen molar-refractivity contribution in [1.29, 1.82) is 0 Å². The van der Waals surface area contributed by atoms with Crippen LogP contribution >= 0.6 is 0 Å². The minimum Gasteiger partial charge on any atom is -0.481 e. The van der Waals surface area contributed by atoms with Crippen LogP contribution in [0.2, 0.25) is 0 Å². The number of carbonyl (C=O) groups is 1. The van der Waals surface area contributed by atoms with Crippen molar-refractivity contribution in [2.24, 2.45) is 5.89 Å². The number of hydrogen-bond donors (Lipinski definition) is 2. The summed E-state index contributed by atoms with van der Waals surface area (Å²) < 4.78 is 7.44.